The third kappa shape index (κ3) is 7.86. The Morgan fingerprint density at radius 1 is 1.08 bits per heavy atom. The van der Waals surface area contributed by atoms with Gasteiger partial charge < -0.3 is 15.7 Å². The normalized spacial score (nSPS) is 10.0. The number of hydrogen-bond acceptors (Lipinski definition) is 5. The van der Waals surface area contributed by atoms with E-state index in [4.69, 9.17) is 19.9 Å². The van der Waals surface area contributed by atoms with Crippen molar-refractivity contribution in [3.8, 4) is 0 Å². The van der Waals surface area contributed by atoms with Gasteiger partial charge in [0.05, 0.1) is 26.4 Å². The van der Waals surface area contributed by atoms with Gasteiger partial charge in [-0.2, -0.15) is 0 Å². The summed E-state index contributed by atoms with van der Waals surface area (Å²) in [4.78, 5) is 9.78. The number of hydroxylamine groups is 2. The highest BCUT2D eigenvalue weighted by atomic mass is 16.9. The first-order valence-electron chi connectivity index (χ1n) is 3.60. The summed E-state index contributed by atoms with van der Waals surface area (Å²) in [5.41, 5.74) is 0. The molecule has 0 aliphatic heterocycles. The molecule has 6 nitrogen and oxygen atoms in total. The summed E-state index contributed by atoms with van der Waals surface area (Å²) in [7, 11) is 0. The van der Waals surface area contributed by atoms with Crippen molar-refractivity contribution in [2.45, 2.75) is 6.92 Å². The molecule has 0 bridgehead atoms. The van der Waals surface area contributed by atoms with Crippen LogP contribution in [0.4, 0.5) is 0 Å². The van der Waals surface area contributed by atoms with Crippen LogP contribution < -0.4 is 0 Å². The van der Waals surface area contributed by atoms with E-state index in [-0.39, 0.29) is 31.9 Å². The molecule has 0 atom stereocenters. The van der Waals surface area contributed by atoms with Crippen LogP contribution in [0.3, 0.4) is 0 Å². The van der Waals surface area contributed by atoms with Crippen molar-refractivity contribution in [3.05, 3.63) is 0 Å². The molecular formula is C6H17NO5. The number of nitrogens with zero attached hydrogens (tertiary/aromatic N) is 1. The number of aliphatic hydroxyl groups excluding tert-OH is 2. The molecule has 0 unspecified atom stereocenters. The van der Waals surface area contributed by atoms with Crippen LogP contribution in [0, 0.1) is 0 Å². The molecule has 0 saturated heterocycles. The fraction of sp³-hybridized carbons (Fsp3) is 1.00. The molecule has 0 aliphatic rings. The minimum atomic E-state index is -0.0427. The van der Waals surface area contributed by atoms with Crippen LogP contribution in [0.1, 0.15) is 6.92 Å². The van der Waals surface area contributed by atoms with E-state index < -0.39 is 0 Å². The zero-order chi connectivity index (χ0) is 8.53. The summed E-state index contributed by atoms with van der Waals surface area (Å²) in [6, 6.07) is 0. The standard InChI is InChI=1S/C6H15NO4.H2O/c1-2-7(10-5-3-8)11-6-4-9;/h8-9H,2-6H2,1H3;1H2. The molecule has 0 saturated carbocycles. The maximum Gasteiger partial charge on any atom is 0.0942 e. The lowest BCUT2D eigenvalue weighted by Gasteiger charge is -2.17. The van der Waals surface area contributed by atoms with Gasteiger partial charge in [0.2, 0.25) is 0 Å². The van der Waals surface area contributed by atoms with E-state index >= 15 is 0 Å². The van der Waals surface area contributed by atoms with Crippen LogP contribution in [0.5, 0.6) is 0 Å². The van der Waals surface area contributed by atoms with Crippen molar-refractivity contribution in [2.24, 2.45) is 0 Å². The molecule has 0 aromatic heterocycles. The van der Waals surface area contributed by atoms with Gasteiger partial charge in [-0.05, 0) is 6.92 Å². The van der Waals surface area contributed by atoms with Crippen molar-refractivity contribution >= 4 is 0 Å². The van der Waals surface area contributed by atoms with Crippen LogP contribution in [0.15, 0.2) is 0 Å². The monoisotopic (exact) mass is 183 g/mol. The first-order chi connectivity index (χ1) is 5.35. The van der Waals surface area contributed by atoms with Crippen molar-refractivity contribution in [2.75, 3.05) is 33.0 Å². The average molecular weight is 183 g/mol. The molecular weight excluding hydrogens is 166 g/mol. The van der Waals surface area contributed by atoms with Gasteiger partial charge in [0.25, 0.3) is 0 Å². The molecule has 0 radical (unpaired) electrons. The fourth-order valence-corrected chi connectivity index (χ4v) is 0.505. The minimum Gasteiger partial charge on any atom is -0.412 e. The van der Waals surface area contributed by atoms with Crippen molar-refractivity contribution in [1.29, 1.82) is 0 Å². The van der Waals surface area contributed by atoms with E-state index in [1.54, 1.807) is 0 Å². The van der Waals surface area contributed by atoms with Gasteiger partial charge in [0.1, 0.15) is 0 Å². The maximum absolute atomic E-state index is 8.38. The molecule has 0 rings (SSSR count). The second-order valence-electron chi connectivity index (χ2n) is 1.76. The Labute approximate surface area is 71.5 Å². The third-order valence-corrected chi connectivity index (χ3v) is 0.911. The van der Waals surface area contributed by atoms with Gasteiger partial charge in [-0.1, -0.05) is 5.23 Å². The predicted molar refractivity (Wildman–Crippen MR) is 42.1 cm³/mol. The van der Waals surface area contributed by atoms with Crippen molar-refractivity contribution in [1.82, 2.24) is 5.23 Å². The third-order valence-electron chi connectivity index (χ3n) is 0.911. The van der Waals surface area contributed by atoms with E-state index in [2.05, 4.69) is 0 Å². The zero-order valence-corrected chi connectivity index (χ0v) is 7.19. The van der Waals surface area contributed by atoms with E-state index in [9.17, 15) is 0 Å². The number of aliphatic hydroxyl groups is 2. The van der Waals surface area contributed by atoms with Crippen molar-refractivity contribution in [3.63, 3.8) is 0 Å². The van der Waals surface area contributed by atoms with Crippen molar-refractivity contribution < 1.29 is 25.4 Å². The summed E-state index contributed by atoms with van der Waals surface area (Å²) in [5, 5.41) is 18.0. The van der Waals surface area contributed by atoms with Crippen LogP contribution in [-0.4, -0.2) is 53.9 Å². The Balaban J connectivity index is 0. The number of hydrogen-bond donors (Lipinski definition) is 2. The Bertz CT molecular complexity index is 74.3. The zero-order valence-electron chi connectivity index (χ0n) is 7.19. The van der Waals surface area contributed by atoms with Gasteiger partial charge in [0, 0.05) is 6.54 Å². The van der Waals surface area contributed by atoms with Crippen LogP contribution in [0.25, 0.3) is 0 Å². The summed E-state index contributed by atoms with van der Waals surface area (Å²) in [6.45, 7) is 2.73. The summed E-state index contributed by atoms with van der Waals surface area (Å²) in [6.07, 6.45) is 0. The quantitative estimate of drug-likeness (QED) is 0.460. The van der Waals surface area contributed by atoms with Gasteiger partial charge in [0.15, 0.2) is 0 Å². The lowest BCUT2D eigenvalue weighted by Crippen LogP contribution is -2.26. The molecule has 0 aliphatic carbocycles. The predicted octanol–water partition coefficient (Wildman–Crippen LogP) is -1.67. The highest BCUT2D eigenvalue weighted by Crippen LogP contribution is 1.90. The highest BCUT2D eigenvalue weighted by molar-refractivity contribution is 4.24. The first kappa shape index (κ1) is 14.3. The van der Waals surface area contributed by atoms with Crippen LogP contribution >= 0.6 is 0 Å². The molecule has 0 heterocycles. The second-order valence-corrected chi connectivity index (χ2v) is 1.76. The lowest BCUT2D eigenvalue weighted by molar-refractivity contribution is -0.369. The molecule has 76 valence electrons. The average Bonchev–Trinajstić information content (AvgIpc) is 2.05. The molecule has 12 heavy (non-hydrogen) atoms. The smallest absolute Gasteiger partial charge is 0.0942 e. The molecule has 6 heteroatoms. The largest absolute Gasteiger partial charge is 0.412 e. The minimum absolute atomic E-state index is 0. The first-order valence-corrected chi connectivity index (χ1v) is 3.60. The molecule has 0 aromatic rings. The number of rotatable bonds is 7. The Morgan fingerprint density at radius 3 is 1.75 bits per heavy atom. The SMILES string of the molecule is CCN(OCCO)OCCO.O. The van der Waals surface area contributed by atoms with E-state index in [0.717, 1.165) is 0 Å². The molecule has 0 fully saturated rings. The molecule has 0 spiro atoms. The Morgan fingerprint density at radius 2 is 1.50 bits per heavy atom. The topological polar surface area (TPSA) is 93.7 Å². The molecule has 0 aromatic carbocycles. The van der Waals surface area contributed by atoms with E-state index in [0.29, 0.717) is 6.54 Å². The van der Waals surface area contributed by atoms with Gasteiger partial charge in [-0.15, -0.1) is 0 Å². The fourth-order valence-electron chi connectivity index (χ4n) is 0.505. The highest BCUT2D eigenvalue weighted by Gasteiger charge is 2.00. The van der Waals surface area contributed by atoms with Gasteiger partial charge in [-0.25, -0.2) is 0 Å². The summed E-state index contributed by atoms with van der Waals surface area (Å²) in [5.74, 6) is 0. The lowest BCUT2D eigenvalue weighted by atomic mass is 10.8. The summed E-state index contributed by atoms with van der Waals surface area (Å²) >= 11 is 0. The van der Waals surface area contributed by atoms with E-state index in [1.165, 1.54) is 5.23 Å². The second kappa shape index (κ2) is 10.8. The van der Waals surface area contributed by atoms with Gasteiger partial charge in [-0.3, -0.25) is 9.68 Å². The van der Waals surface area contributed by atoms with E-state index in [1.807, 2.05) is 6.92 Å². The van der Waals surface area contributed by atoms with Gasteiger partial charge >= 0.3 is 0 Å². The maximum atomic E-state index is 8.38. The Kier molecular flexibility index (Phi) is 12.8. The summed E-state index contributed by atoms with van der Waals surface area (Å²) < 4.78 is 0. The molecule has 4 N–H and O–H groups in total. The Hall–Kier alpha value is -0.240. The molecule has 0 amide bonds. The van der Waals surface area contributed by atoms with Crippen LogP contribution in [-0.2, 0) is 9.68 Å². The van der Waals surface area contributed by atoms with Crippen LogP contribution in [0.2, 0.25) is 0 Å².